The third-order valence-corrected chi connectivity index (χ3v) is 3.83. The van der Waals surface area contributed by atoms with Crippen LogP contribution in [0.2, 0.25) is 0 Å². The molecule has 1 aromatic heterocycles. The Morgan fingerprint density at radius 3 is 2.78 bits per heavy atom. The van der Waals surface area contributed by atoms with Gasteiger partial charge in [0.2, 0.25) is 0 Å². The van der Waals surface area contributed by atoms with Gasteiger partial charge in [0.25, 0.3) is 5.91 Å². The highest BCUT2D eigenvalue weighted by Gasteiger charge is 2.24. The van der Waals surface area contributed by atoms with Crippen molar-refractivity contribution in [2.24, 2.45) is 0 Å². The summed E-state index contributed by atoms with van der Waals surface area (Å²) in [6.07, 6.45) is 4.10. The minimum atomic E-state index is -0.155. The summed E-state index contributed by atoms with van der Waals surface area (Å²) in [7, 11) is 5.33. The molecule has 0 bridgehead atoms. The summed E-state index contributed by atoms with van der Waals surface area (Å²) in [5.41, 5.74) is 1.57. The van der Waals surface area contributed by atoms with Gasteiger partial charge in [0.15, 0.2) is 0 Å². The van der Waals surface area contributed by atoms with Crippen molar-refractivity contribution in [3.05, 3.63) is 47.9 Å². The van der Waals surface area contributed by atoms with Crippen LogP contribution in [0.15, 0.2) is 36.7 Å². The molecule has 1 aliphatic rings. The van der Waals surface area contributed by atoms with Crippen LogP contribution in [-0.2, 0) is 6.42 Å². The van der Waals surface area contributed by atoms with Gasteiger partial charge in [-0.3, -0.25) is 9.78 Å². The van der Waals surface area contributed by atoms with Crippen LogP contribution in [-0.4, -0.2) is 54.6 Å². The highest BCUT2D eigenvalue weighted by molar-refractivity contribution is 5.91. The van der Waals surface area contributed by atoms with Crippen LogP contribution < -0.4 is 9.64 Å². The van der Waals surface area contributed by atoms with Crippen molar-refractivity contribution >= 4 is 11.7 Å². The normalized spacial score (nSPS) is 15.7. The van der Waals surface area contributed by atoms with Crippen LogP contribution in [0.25, 0.3) is 0 Å². The second-order valence-electron chi connectivity index (χ2n) is 5.89. The van der Waals surface area contributed by atoms with Crippen LogP contribution in [0.3, 0.4) is 0 Å². The van der Waals surface area contributed by atoms with E-state index < -0.39 is 0 Å². The molecule has 1 aromatic carbocycles. The van der Waals surface area contributed by atoms with Gasteiger partial charge in [-0.15, -0.1) is 0 Å². The van der Waals surface area contributed by atoms with Crippen molar-refractivity contribution in [1.29, 1.82) is 0 Å². The highest BCUT2D eigenvalue weighted by Crippen LogP contribution is 2.28. The molecule has 0 saturated carbocycles. The third-order valence-electron chi connectivity index (χ3n) is 3.83. The minimum absolute atomic E-state index is 0.0763. The Morgan fingerprint density at radius 1 is 1.26 bits per heavy atom. The van der Waals surface area contributed by atoms with Gasteiger partial charge in [-0.1, -0.05) is 18.2 Å². The molecule has 120 valence electrons. The Kier molecular flexibility index (Phi) is 4.14. The predicted octanol–water partition coefficient (Wildman–Crippen LogP) is 1.62. The van der Waals surface area contributed by atoms with Crippen LogP contribution in [0.1, 0.15) is 16.1 Å². The smallest absolute Gasteiger partial charge is 0.273 e. The number of carbonyl (C=O) groups is 1. The Bertz CT molecular complexity index is 692. The largest absolute Gasteiger partial charge is 0.488 e. The fraction of sp³-hybridized carbons (Fsp3) is 0.353. The number of benzene rings is 1. The summed E-state index contributed by atoms with van der Waals surface area (Å²) in [5.74, 6) is 1.46. The summed E-state index contributed by atoms with van der Waals surface area (Å²) >= 11 is 0. The maximum Gasteiger partial charge on any atom is 0.273 e. The number of nitrogens with zero attached hydrogens (tertiary/aromatic N) is 4. The summed E-state index contributed by atoms with van der Waals surface area (Å²) in [5, 5.41) is 0. The Labute approximate surface area is 135 Å². The molecule has 1 aliphatic heterocycles. The molecular formula is C17H20N4O2. The molecule has 0 fully saturated rings. The van der Waals surface area contributed by atoms with Gasteiger partial charge in [0, 0.05) is 27.6 Å². The van der Waals surface area contributed by atoms with Crippen molar-refractivity contribution in [2.75, 3.05) is 32.6 Å². The average molecular weight is 312 g/mol. The SMILES string of the molecule is CN(C)C(=O)c1cncc(N(C)C[C@@H]2Cc3ccccc3O2)n1. The van der Waals surface area contributed by atoms with E-state index in [0.29, 0.717) is 18.1 Å². The molecule has 0 unspecified atom stereocenters. The van der Waals surface area contributed by atoms with E-state index in [0.717, 1.165) is 12.2 Å². The van der Waals surface area contributed by atoms with E-state index in [4.69, 9.17) is 4.74 Å². The molecule has 0 saturated heterocycles. The Hall–Kier alpha value is -2.63. The molecule has 1 amide bonds. The molecule has 2 aromatic rings. The topological polar surface area (TPSA) is 58.6 Å². The maximum absolute atomic E-state index is 12.0. The van der Waals surface area contributed by atoms with Crippen LogP contribution >= 0.6 is 0 Å². The van der Waals surface area contributed by atoms with Gasteiger partial charge in [-0.05, 0) is 11.6 Å². The van der Waals surface area contributed by atoms with E-state index in [1.54, 1.807) is 20.3 Å². The molecule has 6 heteroatoms. The fourth-order valence-electron chi connectivity index (χ4n) is 2.63. The van der Waals surface area contributed by atoms with Gasteiger partial charge in [0.05, 0.1) is 18.9 Å². The summed E-state index contributed by atoms with van der Waals surface area (Å²) in [6.45, 7) is 0.684. The van der Waals surface area contributed by atoms with E-state index in [1.165, 1.54) is 16.7 Å². The average Bonchev–Trinajstić information content (AvgIpc) is 2.96. The summed E-state index contributed by atoms with van der Waals surface area (Å²) in [6, 6.07) is 8.08. The second-order valence-corrected chi connectivity index (χ2v) is 5.89. The van der Waals surface area contributed by atoms with E-state index in [-0.39, 0.29) is 12.0 Å². The molecular weight excluding hydrogens is 292 g/mol. The molecule has 0 N–H and O–H groups in total. The van der Waals surface area contributed by atoms with E-state index >= 15 is 0 Å². The quantitative estimate of drug-likeness (QED) is 0.858. The number of fused-ring (bicyclic) bond motifs is 1. The molecule has 1 atom stereocenters. The first kappa shape index (κ1) is 15.3. The minimum Gasteiger partial charge on any atom is -0.488 e. The maximum atomic E-state index is 12.0. The zero-order valence-electron chi connectivity index (χ0n) is 13.6. The van der Waals surface area contributed by atoms with Crippen LogP contribution in [0, 0.1) is 0 Å². The lowest BCUT2D eigenvalue weighted by Gasteiger charge is -2.22. The number of aromatic nitrogens is 2. The number of para-hydroxylation sites is 1. The first-order valence-electron chi connectivity index (χ1n) is 7.54. The number of ether oxygens (including phenoxy) is 1. The monoisotopic (exact) mass is 312 g/mol. The zero-order valence-corrected chi connectivity index (χ0v) is 13.6. The molecule has 0 aliphatic carbocycles. The molecule has 6 nitrogen and oxygen atoms in total. The predicted molar refractivity (Wildman–Crippen MR) is 87.9 cm³/mol. The van der Waals surface area contributed by atoms with Crippen molar-refractivity contribution in [3.63, 3.8) is 0 Å². The van der Waals surface area contributed by atoms with E-state index in [1.807, 2.05) is 30.1 Å². The lowest BCUT2D eigenvalue weighted by Crippen LogP contribution is -2.33. The zero-order chi connectivity index (χ0) is 16.4. The van der Waals surface area contributed by atoms with Crippen LogP contribution in [0.4, 0.5) is 5.82 Å². The number of carbonyl (C=O) groups excluding carboxylic acids is 1. The lowest BCUT2D eigenvalue weighted by atomic mass is 10.1. The standard InChI is InChI=1S/C17H20N4O2/c1-20(2)17(22)14-9-18-10-16(19-14)21(3)11-13-8-12-6-4-5-7-15(12)23-13/h4-7,9-10,13H,8,11H2,1-3H3/t13-/m0/s1. The van der Waals surface area contributed by atoms with Gasteiger partial charge < -0.3 is 14.5 Å². The second kappa shape index (κ2) is 6.24. The van der Waals surface area contributed by atoms with Crippen molar-refractivity contribution in [3.8, 4) is 5.75 Å². The molecule has 0 spiro atoms. The van der Waals surface area contributed by atoms with Gasteiger partial charge >= 0.3 is 0 Å². The van der Waals surface area contributed by atoms with Gasteiger partial charge in [-0.2, -0.15) is 0 Å². The number of amides is 1. The Morgan fingerprint density at radius 2 is 2.04 bits per heavy atom. The van der Waals surface area contributed by atoms with Crippen LogP contribution in [0.5, 0.6) is 5.75 Å². The highest BCUT2D eigenvalue weighted by atomic mass is 16.5. The summed E-state index contributed by atoms with van der Waals surface area (Å²) in [4.78, 5) is 24.0. The van der Waals surface area contributed by atoms with Crippen molar-refractivity contribution in [2.45, 2.75) is 12.5 Å². The van der Waals surface area contributed by atoms with Gasteiger partial charge in [0.1, 0.15) is 23.4 Å². The summed E-state index contributed by atoms with van der Waals surface area (Å²) < 4.78 is 5.95. The number of rotatable bonds is 4. The number of hydrogen-bond donors (Lipinski definition) is 0. The number of anilines is 1. The Balaban J connectivity index is 1.69. The first-order chi connectivity index (χ1) is 11.0. The van der Waals surface area contributed by atoms with Crippen molar-refractivity contribution in [1.82, 2.24) is 14.9 Å². The third kappa shape index (κ3) is 3.26. The number of hydrogen-bond acceptors (Lipinski definition) is 5. The molecule has 0 radical (unpaired) electrons. The molecule has 23 heavy (non-hydrogen) atoms. The molecule has 2 heterocycles. The molecule has 3 rings (SSSR count). The first-order valence-corrected chi connectivity index (χ1v) is 7.54. The van der Waals surface area contributed by atoms with Crippen molar-refractivity contribution < 1.29 is 9.53 Å². The van der Waals surface area contributed by atoms with E-state index in [9.17, 15) is 4.79 Å². The van der Waals surface area contributed by atoms with E-state index in [2.05, 4.69) is 16.0 Å². The lowest BCUT2D eigenvalue weighted by molar-refractivity contribution is 0.0821. The van der Waals surface area contributed by atoms with Gasteiger partial charge in [-0.25, -0.2) is 4.98 Å². The number of likely N-dealkylation sites (N-methyl/N-ethyl adjacent to an activating group) is 1. The fourth-order valence-corrected chi connectivity index (χ4v) is 2.63.